The highest BCUT2D eigenvalue weighted by Gasteiger charge is 2.29. The molecule has 33 heavy (non-hydrogen) atoms. The Bertz CT molecular complexity index is 1310. The van der Waals surface area contributed by atoms with E-state index in [1.807, 2.05) is 6.92 Å². The fourth-order valence-electron chi connectivity index (χ4n) is 3.61. The van der Waals surface area contributed by atoms with Crippen LogP contribution in [0.4, 0.5) is 17.1 Å². The molecular formula is C24H22ClN3O4S. The Morgan fingerprint density at radius 2 is 1.48 bits per heavy atom. The van der Waals surface area contributed by atoms with Crippen LogP contribution in [0.25, 0.3) is 0 Å². The van der Waals surface area contributed by atoms with Crippen LogP contribution in [-0.2, 0) is 26.0 Å². The predicted octanol–water partition coefficient (Wildman–Crippen LogP) is 4.37. The van der Waals surface area contributed by atoms with Gasteiger partial charge in [-0.05, 0) is 73.9 Å². The van der Waals surface area contributed by atoms with Crippen molar-refractivity contribution in [3.8, 4) is 0 Å². The average molecular weight is 484 g/mol. The molecule has 0 saturated carbocycles. The summed E-state index contributed by atoms with van der Waals surface area (Å²) in [4.78, 5) is 24.9. The molecule has 0 aliphatic carbocycles. The molecular weight excluding hydrogens is 462 g/mol. The molecule has 0 bridgehead atoms. The molecule has 170 valence electrons. The fraction of sp³-hybridized carbons (Fsp3) is 0.167. The predicted molar refractivity (Wildman–Crippen MR) is 129 cm³/mol. The lowest BCUT2D eigenvalue weighted by molar-refractivity contribution is -0.132. The van der Waals surface area contributed by atoms with E-state index in [9.17, 15) is 18.0 Å². The van der Waals surface area contributed by atoms with Crippen molar-refractivity contribution in [3.05, 3.63) is 82.9 Å². The Labute approximate surface area is 197 Å². The quantitative estimate of drug-likeness (QED) is 0.539. The number of hydrogen-bond acceptors (Lipinski definition) is 4. The normalized spacial score (nSPS) is 13.2. The van der Waals surface area contributed by atoms with Crippen molar-refractivity contribution in [2.24, 2.45) is 0 Å². The monoisotopic (exact) mass is 483 g/mol. The maximum absolute atomic E-state index is 13.3. The second-order valence-corrected chi connectivity index (χ2v) is 10.1. The van der Waals surface area contributed by atoms with E-state index >= 15 is 0 Å². The lowest BCUT2D eigenvalue weighted by atomic mass is 10.0. The van der Waals surface area contributed by atoms with Gasteiger partial charge in [0.25, 0.3) is 10.0 Å². The van der Waals surface area contributed by atoms with Crippen LogP contribution in [0.5, 0.6) is 0 Å². The van der Waals surface area contributed by atoms with Gasteiger partial charge in [-0.15, -0.1) is 0 Å². The smallest absolute Gasteiger partial charge is 0.314 e. The molecule has 9 heteroatoms. The fourth-order valence-corrected chi connectivity index (χ4v) is 5.27. The second-order valence-electron chi connectivity index (χ2n) is 7.75. The molecule has 0 fully saturated rings. The minimum absolute atomic E-state index is 0.206. The summed E-state index contributed by atoms with van der Waals surface area (Å²) in [6.07, 6.45) is 1.41. The number of hydrogen-bond donors (Lipinski definition) is 2. The third-order valence-corrected chi connectivity index (χ3v) is 7.42. The number of sulfonamides is 1. The van der Waals surface area contributed by atoms with Crippen LogP contribution in [0.15, 0.2) is 71.6 Å². The SMILES string of the molecule is Cc1ccc(S(=O)(=O)N2CCCc3ccc(NC(=O)C(=O)Nc4ccc(Cl)cc4)cc32)cc1. The van der Waals surface area contributed by atoms with Gasteiger partial charge in [-0.3, -0.25) is 13.9 Å². The van der Waals surface area contributed by atoms with Crippen molar-refractivity contribution in [2.75, 3.05) is 21.5 Å². The Morgan fingerprint density at radius 1 is 0.879 bits per heavy atom. The number of benzene rings is 3. The van der Waals surface area contributed by atoms with Crippen LogP contribution < -0.4 is 14.9 Å². The molecule has 0 atom stereocenters. The molecule has 1 aliphatic rings. The van der Waals surface area contributed by atoms with Crippen molar-refractivity contribution in [1.82, 2.24) is 0 Å². The third kappa shape index (κ3) is 5.02. The lowest BCUT2D eigenvalue weighted by Crippen LogP contribution is -2.35. The minimum atomic E-state index is -3.77. The van der Waals surface area contributed by atoms with Crippen LogP contribution in [0.1, 0.15) is 17.5 Å². The zero-order chi connectivity index (χ0) is 23.6. The molecule has 2 N–H and O–H groups in total. The molecule has 2 amide bonds. The largest absolute Gasteiger partial charge is 0.318 e. The van der Waals surface area contributed by atoms with Gasteiger partial charge >= 0.3 is 11.8 Å². The average Bonchev–Trinajstić information content (AvgIpc) is 2.80. The summed E-state index contributed by atoms with van der Waals surface area (Å²) in [7, 11) is -3.77. The van der Waals surface area contributed by atoms with Gasteiger partial charge in [0.05, 0.1) is 10.6 Å². The summed E-state index contributed by atoms with van der Waals surface area (Å²) in [6, 6.07) is 18.1. The molecule has 0 spiro atoms. The van der Waals surface area contributed by atoms with E-state index in [1.165, 1.54) is 4.31 Å². The first-order valence-electron chi connectivity index (χ1n) is 10.3. The number of nitrogens with zero attached hydrogens (tertiary/aromatic N) is 1. The van der Waals surface area contributed by atoms with Crippen molar-refractivity contribution < 1.29 is 18.0 Å². The summed E-state index contributed by atoms with van der Waals surface area (Å²) in [5.41, 5.74) is 3.09. The molecule has 0 saturated heterocycles. The first-order valence-corrected chi connectivity index (χ1v) is 12.2. The molecule has 0 aromatic heterocycles. The summed E-state index contributed by atoms with van der Waals surface area (Å²) in [6.45, 7) is 2.22. The Hall–Kier alpha value is -3.36. The first-order chi connectivity index (χ1) is 15.7. The number of fused-ring (bicyclic) bond motifs is 1. The van der Waals surface area contributed by atoms with Crippen LogP contribution in [0, 0.1) is 6.92 Å². The third-order valence-electron chi connectivity index (χ3n) is 5.34. The number of rotatable bonds is 4. The maximum atomic E-state index is 13.3. The van der Waals surface area contributed by atoms with E-state index < -0.39 is 21.8 Å². The number of nitrogens with one attached hydrogen (secondary N) is 2. The Kier molecular flexibility index (Phi) is 6.40. The van der Waals surface area contributed by atoms with Gasteiger partial charge in [0.2, 0.25) is 0 Å². The van der Waals surface area contributed by atoms with Crippen molar-refractivity contribution in [2.45, 2.75) is 24.7 Å². The van der Waals surface area contributed by atoms with Gasteiger partial charge < -0.3 is 10.6 Å². The van der Waals surface area contributed by atoms with Gasteiger partial charge in [0.1, 0.15) is 0 Å². The zero-order valence-corrected chi connectivity index (χ0v) is 19.4. The van der Waals surface area contributed by atoms with Crippen molar-refractivity contribution >= 4 is 50.5 Å². The van der Waals surface area contributed by atoms with E-state index in [0.717, 1.165) is 17.5 Å². The molecule has 3 aromatic carbocycles. The molecule has 1 aliphatic heterocycles. The van der Waals surface area contributed by atoms with Crippen molar-refractivity contribution in [3.63, 3.8) is 0 Å². The summed E-state index contributed by atoms with van der Waals surface area (Å²) in [5.74, 6) is -1.71. The van der Waals surface area contributed by atoms with Gasteiger partial charge in [-0.1, -0.05) is 35.4 Å². The van der Waals surface area contributed by atoms with Crippen LogP contribution in [0.2, 0.25) is 5.02 Å². The highest BCUT2D eigenvalue weighted by atomic mass is 35.5. The molecule has 0 unspecified atom stereocenters. The number of anilines is 3. The number of aryl methyl sites for hydroxylation is 2. The number of amides is 2. The first kappa shape index (κ1) is 22.8. The number of halogens is 1. The van der Waals surface area contributed by atoms with Crippen molar-refractivity contribution in [1.29, 1.82) is 0 Å². The summed E-state index contributed by atoms with van der Waals surface area (Å²) >= 11 is 5.83. The standard InChI is InChI=1S/C24H22ClN3O4S/c1-16-4-12-21(13-5-16)33(31,32)28-14-2-3-17-6-9-20(15-22(17)28)27-24(30)23(29)26-19-10-7-18(25)8-11-19/h4-13,15H,2-3,14H2,1H3,(H,26,29)(H,27,30). The topological polar surface area (TPSA) is 95.6 Å². The van der Waals surface area contributed by atoms with E-state index in [2.05, 4.69) is 10.6 Å². The van der Waals surface area contributed by atoms with Gasteiger partial charge in [-0.25, -0.2) is 8.42 Å². The molecule has 0 radical (unpaired) electrons. The van der Waals surface area contributed by atoms with E-state index in [1.54, 1.807) is 66.7 Å². The van der Waals surface area contributed by atoms with E-state index in [-0.39, 0.29) is 4.90 Å². The summed E-state index contributed by atoms with van der Waals surface area (Å²) < 4.78 is 28.0. The zero-order valence-electron chi connectivity index (χ0n) is 17.8. The van der Waals surface area contributed by atoms with Gasteiger partial charge in [-0.2, -0.15) is 0 Å². The highest BCUT2D eigenvalue weighted by Crippen LogP contribution is 2.34. The van der Waals surface area contributed by atoms with Crippen LogP contribution >= 0.6 is 11.6 Å². The molecule has 1 heterocycles. The maximum Gasteiger partial charge on any atom is 0.314 e. The van der Waals surface area contributed by atoms with E-state index in [4.69, 9.17) is 11.6 Å². The van der Waals surface area contributed by atoms with Crippen LogP contribution in [-0.4, -0.2) is 26.8 Å². The second kappa shape index (κ2) is 9.25. The lowest BCUT2D eigenvalue weighted by Gasteiger charge is -2.31. The van der Waals surface area contributed by atoms with Gasteiger partial charge in [0.15, 0.2) is 0 Å². The molecule has 3 aromatic rings. The highest BCUT2D eigenvalue weighted by molar-refractivity contribution is 7.92. The Balaban J connectivity index is 1.55. The molecule has 4 rings (SSSR count). The minimum Gasteiger partial charge on any atom is -0.318 e. The number of carbonyl (C=O) groups excluding carboxylic acids is 2. The van der Waals surface area contributed by atoms with E-state index in [0.29, 0.717) is 35.1 Å². The Morgan fingerprint density at radius 3 is 2.15 bits per heavy atom. The molecule has 7 nitrogen and oxygen atoms in total. The summed E-state index contributed by atoms with van der Waals surface area (Å²) in [5, 5.41) is 5.55. The van der Waals surface area contributed by atoms with Crippen LogP contribution in [0.3, 0.4) is 0 Å². The number of carbonyl (C=O) groups is 2. The van der Waals surface area contributed by atoms with Gasteiger partial charge in [0, 0.05) is 22.9 Å².